The van der Waals surface area contributed by atoms with Crippen LogP contribution in [0, 0.1) is 5.92 Å². The smallest absolute Gasteiger partial charge is 0.345 e. The van der Waals surface area contributed by atoms with Gasteiger partial charge in [0.2, 0.25) is 0 Å². The molecule has 3 atom stereocenters. The third kappa shape index (κ3) is 6.77. The van der Waals surface area contributed by atoms with E-state index < -0.39 is 5.97 Å². The van der Waals surface area contributed by atoms with Crippen molar-refractivity contribution in [2.45, 2.75) is 76.7 Å². The van der Waals surface area contributed by atoms with Gasteiger partial charge in [-0.3, -0.25) is 0 Å². The Kier molecular flexibility index (Phi) is 9.36. The minimum Gasteiger partial charge on any atom is -0.477 e. The summed E-state index contributed by atoms with van der Waals surface area (Å²) in [6.07, 6.45) is 11.6. The van der Waals surface area contributed by atoms with Crippen LogP contribution >= 0.6 is 27.3 Å². The van der Waals surface area contributed by atoms with E-state index in [2.05, 4.69) is 53.2 Å². The highest BCUT2D eigenvalue weighted by molar-refractivity contribution is 9.11. The number of hydrogen-bond donors (Lipinski definition) is 2. The molecular formula is C26H33BrO3S. The Hall–Kier alpha value is -1.43. The second kappa shape index (κ2) is 12.0. The van der Waals surface area contributed by atoms with Gasteiger partial charge in [0, 0.05) is 10.8 Å². The second-order valence-electron chi connectivity index (χ2n) is 8.56. The van der Waals surface area contributed by atoms with Gasteiger partial charge in [0.05, 0.1) is 6.10 Å². The molecule has 2 N–H and O–H groups in total. The topological polar surface area (TPSA) is 57.5 Å². The Balaban J connectivity index is 1.51. The van der Waals surface area contributed by atoms with E-state index in [1.165, 1.54) is 34.2 Å². The molecule has 168 valence electrons. The maximum atomic E-state index is 11.0. The van der Waals surface area contributed by atoms with E-state index in [1.807, 2.05) is 6.07 Å². The summed E-state index contributed by atoms with van der Waals surface area (Å²) in [6, 6.07) is 12.2. The molecule has 2 unspecified atom stereocenters. The monoisotopic (exact) mass is 504 g/mol. The summed E-state index contributed by atoms with van der Waals surface area (Å²) in [4.78, 5) is 12.6. The summed E-state index contributed by atoms with van der Waals surface area (Å²) in [6.45, 7) is 2.18. The average molecular weight is 506 g/mol. The van der Waals surface area contributed by atoms with Crippen molar-refractivity contribution in [1.82, 2.24) is 0 Å². The summed E-state index contributed by atoms with van der Waals surface area (Å²) in [5, 5.41) is 19.5. The lowest BCUT2D eigenvalue weighted by atomic mass is 9.84. The molecule has 0 saturated heterocycles. The van der Waals surface area contributed by atoms with Gasteiger partial charge in [0.25, 0.3) is 0 Å². The zero-order valence-corrected chi connectivity index (χ0v) is 20.6. The minimum atomic E-state index is -0.833. The largest absolute Gasteiger partial charge is 0.477 e. The molecule has 3 nitrogen and oxygen atoms in total. The van der Waals surface area contributed by atoms with Crippen LogP contribution in [0.1, 0.15) is 96.0 Å². The molecule has 1 aromatic carbocycles. The number of carboxylic acids is 1. The first-order chi connectivity index (χ1) is 15.0. The average Bonchev–Trinajstić information content (AvgIpc) is 3.38. The van der Waals surface area contributed by atoms with E-state index >= 15 is 0 Å². The number of benzene rings is 1. The molecule has 0 saturated carbocycles. The highest BCUT2D eigenvalue weighted by Crippen LogP contribution is 2.45. The fourth-order valence-corrected chi connectivity index (χ4v) is 6.19. The molecule has 31 heavy (non-hydrogen) atoms. The van der Waals surface area contributed by atoms with Crippen molar-refractivity contribution in [2.24, 2.45) is 5.92 Å². The maximum Gasteiger partial charge on any atom is 0.345 e. The van der Waals surface area contributed by atoms with Crippen molar-refractivity contribution in [3.8, 4) is 0 Å². The first-order valence-electron chi connectivity index (χ1n) is 11.4. The molecule has 3 rings (SSSR count). The summed E-state index contributed by atoms with van der Waals surface area (Å²) in [7, 11) is 0. The molecule has 0 spiro atoms. The SMILES string of the molecule is CCCCCC(O)c1ccc(C2C(Br)=CC[C@@H]2CCCCc2ccc(C(=O)O)s2)cc1. The van der Waals surface area contributed by atoms with E-state index in [1.54, 1.807) is 6.07 Å². The number of rotatable bonds is 12. The van der Waals surface area contributed by atoms with Crippen LogP contribution < -0.4 is 0 Å². The van der Waals surface area contributed by atoms with Crippen molar-refractivity contribution < 1.29 is 15.0 Å². The first kappa shape index (κ1) is 24.2. The van der Waals surface area contributed by atoms with Gasteiger partial charge in [0.1, 0.15) is 4.88 Å². The van der Waals surface area contributed by atoms with Crippen molar-refractivity contribution in [3.05, 3.63) is 67.8 Å². The third-order valence-corrected chi connectivity index (χ3v) is 8.22. The quantitative estimate of drug-likeness (QED) is 0.289. The van der Waals surface area contributed by atoms with Gasteiger partial charge in [0.15, 0.2) is 0 Å². The lowest BCUT2D eigenvalue weighted by Gasteiger charge is -2.22. The van der Waals surface area contributed by atoms with Gasteiger partial charge < -0.3 is 10.2 Å². The number of thiophene rings is 1. The van der Waals surface area contributed by atoms with Crippen molar-refractivity contribution in [1.29, 1.82) is 0 Å². The summed E-state index contributed by atoms with van der Waals surface area (Å²) in [5.41, 5.74) is 2.34. The van der Waals surface area contributed by atoms with E-state index in [9.17, 15) is 9.90 Å². The number of hydrogen-bond acceptors (Lipinski definition) is 3. The second-order valence-corrected chi connectivity index (χ2v) is 10.6. The lowest BCUT2D eigenvalue weighted by molar-refractivity contribution is 0.0702. The predicted molar refractivity (Wildman–Crippen MR) is 132 cm³/mol. The van der Waals surface area contributed by atoms with E-state index in [4.69, 9.17) is 5.11 Å². The molecule has 1 heterocycles. The number of aryl methyl sites for hydroxylation is 1. The molecule has 0 radical (unpaired) electrons. The molecule has 1 aliphatic carbocycles. The van der Waals surface area contributed by atoms with Crippen LogP contribution in [0.4, 0.5) is 0 Å². The maximum absolute atomic E-state index is 11.0. The summed E-state index contributed by atoms with van der Waals surface area (Å²) < 4.78 is 1.28. The molecule has 5 heteroatoms. The zero-order chi connectivity index (χ0) is 22.2. The molecule has 0 amide bonds. The van der Waals surface area contributed by atoms with Crippen LogP contribution in [0.25, 0.3) is 0 Å². The Morgan fingerprint density at radius 2 is 1.90 bits per heavy atom. The molecule has 0 fully saturated rings. The summed E-state index contributed by atoms with van der Waals surface area (Å²) >= 11 is 5.18. The molecule has 0 bridgehead atoms. The van der Waals surface area contributed by atoms with E-state index in [-0.39, 0.29) is 6.10 Å². The highest BCUT2D eigenvalue weighted by atomic mass is 79.9. The molecule has 1 aromatic heterocycles. The van der Waals surface area contributed by atoms with Gasteiger partial charge in [-0.05, 0) is 65.8 Å². The number of aliphatic hydroxyl groups is 1. The molecule has 1 aliphatic rings. The van der Waals surface area contributed by atoms with Gasteiger partial charge >= 0.3 is 5.97 Å². The van der Waals surface area contributed by atoms with Crippen LogP contribution in [0.5, 0.6) is 0 Å². The third-order valence-electron chi connectivity index (χ3n) is 6.27. The summed E-state index contributed by atoms with van der Waals surface area (Å²) in [5.74, 6) is 0.153. The Bertz CT molecular complexity index is 871. The zero-order valence-electron chi connectivity index (χ0n) is 18.2. The lowest BCUT2D eigenvalue weighted by Crippen LogP contribution is -2.09. The van der Waals surface area contributed by atoms with Crippen LogP contribution in [-0.4, -0.2) is 16.2 Å². The van der Waals surface area contributed by atoms with Crippen LogP contribution in [0.15, 0.2) is 47.0 Å². The van der Waals surface area contributed by atoms with Gasteiger partial charge in [-0.2, -0.15) is 0 Å². The molecule has 0 aliphatic heterocycles. The number of unbranched alkanes of at least 4 members (excludes halogenated alkanes) is 3. The van der Waals surface area contributed by atoms with Crippen LogP contribution in [0.3, 0.4) is 0 Å². The van der Waals surface area contributed by atoms with Crippen LogP contribution in [0.2, 0.25) is 0 Å². The Morgan fingerprint density at radius 3 is 2.58 bits per heavy atom. The minimum absolute atomic E-state index is 0.363. The van der Waals surface area contributed by atoms with Crippen molar-refractivity contribution >= 4 is 33.2 Å². The van der Waals surface area contributed by atoms with E-state index in [0.29, 0.717) is 16.7 Å². The van der Waals surface area contributed by atoms with Crippen molar-refractivity contribution in [2.75, 3.05) is 0 Å². The number of halogens is 1. The molecule has 2 aromatic rings. The number of aliphatic hydroxyl groups excluding tert-OH is 1. The first-order valence-corrected chi connectivity index (χ1v) is 13.1. The number of aromatic carboxylic acids is 1. The predicted octanol–water partition coefficient (Wildman–Crippen LogP) is 7.86. The Morgan fingerprint density at radius 1 is 1.13 bits per heavy atom. The van der Waals surface area contributed by atoms with Gasteiger partial charge in [-0.25, -0.2) is 4.79 Å². The van der Waals surface area contributed by atoms with Crippen LogP contribution in [-0.2, 0) is 6.42 Å². The molecular weight excluding hydrogens is 472 g/mol. The van der Waals surface area contributed by atoms with Gasteiger partial charge in [-0.1, -0.05) is 78.9 Å². The standard InChI is InChI=1S/C26H33BrO3S/c1-2-3-4-9-23(28)18-10-12-20(13-11-18)25-19(14-16-22(25)27)7-5-6-8-21-15-17-24(31-21)26(29)30/h10-13,15-17,19,23,25,28H,2-9,14H2,1H3,(H,29,30)/t19-,23?,25?/m0/s1. The normalized spacial score (nSPS) is 19.4. The highest BCUT2D eigenvalue weighted by Gasteiger charge is 2.29. The number of carbonyl (C=O) groups is 1. The van der Waals surface area contributed by atoms with E-state index in [0.717, 1.165) is 55.4 Å². The Labute approximate surface area is 198 Å². The number of allylic oxidation sites excluding steroid dienone is 2. The fourth-order valence-electron chi connectivity index (χ4n) is 4.48. The number of carboxylic acid groups (broad SMARTS) is 1. The van der Waals surface area contributed by atoms with Crippen molar-refractivity contribution in [3.63, 3.8) is 0 Å². The van der Waals surface area contributed by atoms with Gasteiger partial charge in [-0.15, -0.1) is 11.3 Å². The fraction of sp³-hybridized carbons (Fsp3) is 0.500.